The van der Waals surface area contributed by atoms with Crippen LogP contribution in [0.1, 0.15) is 21.9 Å². The fraction of sp³-hybridized carbons (Fsp3) is 0.312. The Bertz CT molecular complexity index is 744. The smallest absolute Gasteiger partial charge is 0.270 e. The lowest BCUT2D eigenvalue weighted by Gasteiger charge is -2.22. The molecule has 2 aromatic rings. The molecule has 0 saturated carbocycles. The van der Waals surface area contributed by atoms with Crippen LogP contribution in [0.25, 0.3) is 0 Å². The number of aryl methyl sites for hydroxylation is 1. The quantitative estimate of drug-likeness (QED) is 0.562. The second-order valence-electron chi connectivity index (χ2n) is 5.15. The number of carbonyl (C=O) groups excluding carboxylic acids is 1. The number of carbonyl (C=O) groups is 1. The van der Waals surface area contributed by atoms with Crippen molar-refractivity contribution in [1.29, 1.82) is 0 Å². The third-order valence-electron chi connectivity index (χ3n) is 3.39. The molecule has 0 aliphatic rings. The first-order valence-corrected chi connectivity index (χ1v) is 7.57. The van der Waals surface area contributed by atoms with E-state index in [2.05, 4.69) is 0 Å². The Kier molecular flexibility index (Phi) is 5.94. The number of furan rings is 1. The Morgan fingerprint density at radius 3 is 2.67 bits per heavy atom. The molecule has 0 aliphatic carbocycles. The van der Waals surface area contributed by atoms with Gasteiger partial charge in [0, 0.05) is 25.8 Å². The molecular weight excluding hydrogens is 336 g/mol. The molecule has 0 atom stereocenters. The van der Waals surface area contributed by atoms with Crippen molar-refractivity contribution in [2.24, 2.45) is 0 Å². The van der Waals surface area contributed by atoms with Crippen LogP contribution in [0.15, 0.2) is 34.7 Å². The van der Waals surface area contributed by atoms with Crippen LogP contribution in [-0.2, 0) is 11.3 Å². The first-order valence-electron chi connectivity index (χ1n) is 7.20. The zero-order valence-corrected chi connectivity index (χ0v) is 14.1. The summed E-state index contributed by atoms with van der Waals surface area (Å²) in [7, 11) is 1.54. The van der Waals surface area contributed by atoms with Crippen molar-refractivity contribution in [3.63, 3.8) is 0 Å². The molecule has 1 heterocycles. The van der Waals surface area contributed by atoms with Gasteiger partial charge in [0.25, 0.3) is 11.6 Å². The maximum Gasteiger partial charge on any atom is 0.270 e. The predicted octanol–water partition coefficient (Wildman–Crippen LogP) is 3.44. The minimum atomic E-state index is -0.561. The molecule has 2 rings (SSSR count). The maximum atomic E-state index is 12.7. The number of nitro benzene ring substituents is 1. The van der Waals surface area contributed by atoms with Gasteiger partial charge in [-0.15, -0.1) is 0 Å². The lowest BCUT2D eigenvalue weighted by molar-refractivity contribution is -0.384. The van der Waals surface area contributed by atoms with E-state index in [9.17, 15) is 14.9 Å². The molecule has 0 spiro atoms. The van der Waals surface area contributed by atoms with Gasteiger partial charge < -0.3 is 14.1 Å². The summed E-state index contributed by atoms with van der Waals surface area (Å²) in [5.41, 5.74) is 0.0308. The minimum Gasteiger partial charge on any atom is -0.464 e. The summed E-state index contributed by atoms with van der Waals surface area (Å²) < 4.78 is 10.5. The number of non-ortho nitro benzene ring substituents is 1. The van der Waals surface area contributed by atoms with Crippen LogP contribution < -0.4 is 0 Å². The number of halogens is 1. The number of hydrogen-bond donors (Lipinski definition) is 0. The van der Waals surface area contributed by atoms with Crippen LogP contribution in [0.5, 0.6) is 0 Å². The molecule has 0 bridgehead atoms. The third kappa shape index (κ3) is 4.33. The van der Waals surface area contributed by atoms with Crippen molar-refractivity contribution in [1.82, 2.24) is 4.90 Å². The highest BCUT2D eigenvalue weighted by molar-refractivity contribution is 6.34. The Balaban J connectivity index is 2.24. The molecular formula is C16H17ClN2O5. The molecule has 1 aromatic carbocycles. The lowest BCUT2D eigenvalue weighted by Crippen LogP contribution is -2.33. The van der Waals surface area contributed by atoms with E-state index >= 15 is 0 Å². The molecule has 8 heteroatoms. The molecule has 1 aromatic heterocycles. The topological polar surface area (TPSA) is 85.8 Å². The van der Waals surface area contributed by atoms with E-state index in [0.717, 1.165) is 5.76 Å². The van der Waals surface area contributed by atoms with Gasteiger partial charge in [0.1, 0.15) is 11.5 Å². The number of hydrogen-bond acceptors (Lipinski definition) is 5. The van der Waals surface area contributed by atoms with E-state index in [1.165, 1.54) is 23.1 Å². The highest BCUT2D eigenvalue weighted by atomic mass is 35.5. The maximum absolute atomic E-state index is 12.7. The van der Waals surface area contributed by atoms with E-state index in [1.807, 2.05) is 13.0 Å². The second-order valence-corrected chi connectivity index (χ2v) is 5.56. The molecule has 1 amide bonds. The van der Waals surface area contributed by atoms with Crippen LogP contribution in [0.2, 0.25) is 5.02 Å². The highest BCUT2D eigenvalue weighted by Gasteiger charge is 2.21. The largest absolute Gasteiger partial charge is 0.464 e. The van der Waals surface area contributed by atoms with E-state index < -0.39 is 4.92 Å². The van der Waals surface area contributed by atoms with Crippen molar-refractivity contribution in [2.45, 2.75) is 13.5 Å². The number of methoxy groups -OCH3 is 1. The van der Waals surface area contributed by atoms with Gasteiger partial charge in [0.05, 0.1) is 28.7 Å². The van der Waals surface area contributed by atoms with Crippen LogP contribution in [-0.4, -0.2) is 36.0 Å². The van der Waals surface area contributed by atoms with Gasteiger partial charge in [0.2, 0.25) is 0 Å². The van der Waals surface area contributed by atoms with Crippen LogP contribution >= 0.6 is 11.6 Å². The molecule has 0 aliphatic heterocycles. The van der Waals surface area contributed by atoms with E-state index in [4.69, 9.17) is 20.8 Å². The van der Waals surface area contributed by atoms with Gasteiger partial charge >= 0.3 is 0 Å². The van der Waals surface area contributed by atoms with Gasteiger partial charge in [-0.25, -0.2) is 0 Å². The third-order valence-corrected chi connectivity index (χ3v) is 3.70. The van der Waals surface area contributed by atoms with Crippen LogP contribution in [0.4, 0.5) is 5.69 Å². The number of ether oxygens (including phenoxy) is 1. The molecule has 0 N–H and O–H groups in total. The predicted molar refractivity (Wildman–Crippen MR) is 88.2 cm³/mol. The summed E-state index contributed by atoms with van der Waals surface area (Å²) in [5.74, 6) is 1.04. The molecule has 128 valence electrons. The van der Waals surface area contributed by atoms with Crippen molar-refractivity contribution in [2.75, 3.05) is 20.3 Å². The SMILES string of the molecule is COCCN(Cc1ccc(C)o1)C(=O)c1ccc([N+](=O)[O-])cc1Cl. The average molecular weight is 353 g/mol. The van der Waals surface area contributed by atoms with Crippen LogP contribution in [0.3, 0.4) is 0 Å². The molecule has 7 nitrogen and oxygen atoms in total. The summed E-state index contributed by atoms with van der Waals surface area (Å²) in [6.07, 6.45) is 0. The number of amides is 1. The summed E-state index contributed by atoms with van der Waals surface area (Å²) in [5, 5.41) is 10.8. The molecule has 24 heavy (non-hydrogen) atoms. The number of nitro groups is 1. The van der Waals surface area contributed by atoms with Gasteiger partial charge in [-0.1, -0.05) is 11.6 Å². The van der Waals surface area contributed by atoms with Gasteiger partial charge in [0.15, 0.2) is 0 Å². The van der Waals surface area contributed by atoms with Gasteiger partial charge in [-0.2, -0.15) is 0 Å². The number of nitrogens with zero attached hydrogens (tertiary/aromatic N) is 2. The minimum absolute atomic E-state index is 0.0345. The number of benzene rings is 1. The Labute approximate surface area is 143 Å². The van der Waals surface area contributed by atoms with Crippen molar-refractivity contribution >= 4 is 23.2 Å². The molecule has 0 saturated heterocycles. The number of rotatable bonds is 7. The van der Waals surface area contributed by atoms with E-state index in [-0.39, 0.29) is 28.7 Å². The lowest BCUT2D eigenvalue weighted by atomic mass is 10.1. The zero-order valence-electron chi connectivity index (χ0n) is 13.3. The molecule has 0 radical (unpaired) electrons. The zero-order chi connectivity index (χ0) is 17.7. The van der Waals surface area contributed by atoms with E-state index in [1.54, 1.807) is 13.2 Å². The average Bonchev–Trinajstić information content (AvgIpc) is 2.95. The molecule has 0 unspecified atom stereocenters. The normalized spacial score (nSPS) is 10.6. The van der Waals surface area contributed by atoms with Crippen LogP contribution in [0, 0.1) is 17.0 Å². The van der Waals surface area contributed by atoms with Crippen molar-refractivity contribution in [3.05, 3.63) is 62.6 Å². The van der Waals surface area contributed by atoms with Crippen molar-refractivity contribution < 1.29 is 18.9 Å². The first kappa shape index (κ1) is 18.0. The Hall–Kier alpha value is -2.38. The van der Waals surface area contributed by atoms with Crippen molar-refractivity contribution in [3.8, 4) is 0 Å². The van der Waals surface area contributed by atoms with Gasteiger partial charge in [-0.3, -0.25) is 14.9 Å². The Morgan fingerprint density at radius 2 is 2.12 bits per heavy atom. The fourth-order valence-corrected chi connectivity index (χ4v) is 2.43. The summed E-state index contributed by atoms with van der Waals surface area (Å²) >= 11 is 6.05. The first-order chi connectivity index (χ1) is 11.4. The summed E-state index contributed by atoms with van der Waals surface area (Å²) in [6.45, 7) is 2.75. The fourth-order valence-electron chi connectivity index (χ4n) is 2.17. The standard InChI is InChI=1S/C16H17ClN2O5/c1-11-3-5-13(24-11)10-18(7-8-23-2)16(20)14-6-4-12(19(21)22)9-15(14)17/h3-6,9H,7-8,10H2,1-2H3. The summed E-state index contributed by atoms with van der Waals surface area (Å²) in [4.78, 5) is 24.5. The molecule has 0 fully saturated rings. The van der Waals surface area contributed by atoms with Gasteiger partial charge in [-0.05, 0) is 25.1 Å². The Morgan fingerprint density at radius 1 is 1.38 bits per heavy atom. The summed E-state index contributed by atoms with van der Waals surface area (Å²) in [6, 6.07) is 7.38. The monoisotopic (exact) mass is 352 g/mol. The second kappa shape index (κ2) is 7.94. The highest BCUT2D eigenvalue weighted by Crippen LogP contribution is 2.24. The van der Waals surface area contributed by atoms with E-state index in [0.29, 0.717) is 18.9 Å².